The average Bonchev–Trinajstić information content (AvgIpc) is 2.94. The number of hydrogen-bond donors (Lipinski definition) is 1. The highest BCUT2D eigenvalue weighted by Gasteiger charge is 2.63. The summed E-state index contributed by atoms with van der Waals surface area (Å²) in [4.78, 5) is 21.4. The van der Waals surface area contributed by atoms with E-state index in [1.165, 1.54) is 0 Å². The van der Waals surface area contributed by atoms with E-state index in [2.05, 4.69) is 11.1 Å². The Balaban J connectivity index is 1.53. The Morgan fingerprint density at radius 2 is 1.87 bits per heavy atom. The van der Waals surface area contributed by atoms with Crippen LogP contribution in [0.5, 0.6) is 0 Å². The number of hydrogen-bond acceptors (Lipinski definition) is 3. The van der Waals surface area contributed by atoms with Crippen molar-refractivity contribution >= 4 is 40.1 Å². The zero-order chi connectivity index (χ0) is 21.3. The van der Waals surface area contributed by atoms with Gasteiger partial charge in [-0.3, -0.25) is 4.79 Å². The van der Waals surface area contributed by atoms with Crippen molar-refractivity contribution in [2.45, 2.75) is 37.5 Å². The second-order valence-corrected chi connectivity index (χ2v) is 10.3. The molecule has 3 saturated carbocycles. The number of carboxylic acid groups (broad SMARTS) is 1. The quantitative estimate of drug-likeness (QED) is 0.500. The molecule has 5 unspecified atom stereocenters. The Morgan fingerprint density at radius 3 is 2.68 bits per heavy atom. The average molecular weight is 453 g/mol. The summed E-state index contributed by atoms with van der Waals surface area (Å²) in [5, 5.41) is 11.9. The highest BCUT2D eigenvalue weighted by molar-refractivity contribution is 6.42. The Hall–Kier alpha value is -2.17. The van der Waals surface area contributed by atoms with Crippen LogP contribution in [-0.4, -0.2) is 21.0 Å². The number of aromatic nitrogens is 2. The lowest BCUT2D eigenvalue weighted by atomic mass is 9.51. The molecule has 6 heteroatoms. The van der Waals surface area contributed by atoms with Crippen molar-refractivity contribution in [2.24, 2.45) is 23.7 Å². The largest absolute Gasteiger partial charge is 0.481 e. The molecule has 0 radical (unpaired) electrons. The maximum atomic E-state index is 11.9. The SMILES string of the molecule is O=C(O)C1CCC2CC3(c4ncnc5cccc(-c6ccc(Cl)c(Cl)c6)c45)CC1CC23. The lowest BCUT2D eigenvalue weighted by molar-refractivity contribution is -0.144. The fraction of sp³-hybridized carbons (Fsp3) is 0.400. The third-order valence-corrected chi connectivity index (χ3v) is 8.93. The Labute approximate surface area is 190 Å². The molecule has 2 aromatic carbocycles. The van der Waals surface area contributed by atoms with Crippen molar-refractivity contribution in [1.29, 1.82) is 0 Å². The van der Waals surface area contributed by atoms with Crippen molar-refractivity contribution in [3.05, 3.63) is 58.5 Å². The number of carbonyl (C=O) groups is 1. The molecule has 5 atom stereocenters. The second kappa shape index (κ2) is 6.91. The maximum Gasteiger partial charge on any atom is 0.306 e. The maximum absolute atomic E-state index is 11.9. The monoisotopic (exact) mass is 452 g/mol. The van der Waals surface area contributed by atoms with E-state index in [9.17, 15) is 9.90 Å². The molecule has 6 rings (SSSR count). The fourth-order valence-electron chi connectivity index (χ4n) is 6.91. The molecular formula is C25H22Cl2N2O2. The van der Waals surface area contributed by atoms with Gasteiger partial charge in [0.05, 0.1) is 27.2 Å². The predicted octanol–water partition coefficient (Wildman–Crippen LogP) is 6.38. The van der Waals surface area contributed by atoms with Gasteiger partial charge in [-0.2, -0.15) is 0 Å². The van der Waals surface area contributed by atoms with Crippen molar-refractivity contribution in [2.75, 3.05) is 0 Å². The summed E-state index contributed by atoms with van der Waals surface area (Å²) in [7, 11) is 0. The Morgan fingerprint density at radius 1 is 1.03 bits per heavy atom. The third-order valence-electron chi connectivity index (χ3n) is 8.19. The molecule has 0 amide bonds. The molecule has 158 valence electrons. The summed E-state index contributed by atoms with van der Waals surface area (Å²) in [5.74, 6) is 0.499. The van der Waals surface area contributed by atoms with Crippen LogP contribution in [0.15, 0.2) is 42.7 Å². The number of fused-ring (bicyclic) bond motifs is 2. The van der Waals surface area contributed by atoms with Crippen LogP contribution in [0.2, 0.25) is 10.0 Å². The standard InChI is InChI=1S/C25H22Cl2N2O2/c26-19-7-5-13(9-20(19)27)16-2-1-3-21-22(16)23(29-12-28-21)25-10-14-4-6-17(24(30)31)15(11-25)8-18(14)25/h1-3,5,7,9,12,14-15,17-18H,4,6,8,10-11H2,(H,30,31). The molecule has 0 spiro atoms. The molecular weight excluding hydrogens is 431 g/mol. The highest BCUT2D eigenvalue weighted by Crippen LogP contribution is 2.68. The zero-order valence-electron chi connectivity index (χ0n) is 16.9. The zero-order valence-corrected chi connectivity index (χ0v) is 18.4. The summed E-state index contributed by atoms with van der Waals surface area (Å²) in [5.41, 5.74) is 4.01. The Kier molecular flexibility index (Phi) is 4.35. The molecule has 1 aromatic heterocycles. The van der Waals surface area contributed by atoms with Crippen LogP contribution in [-0.2, 0) is 10.2 Å². The van der Waals surface area contributed by atoms with Gasteiger partial charge < -0.3 is 5.11 Å². The molecule has 3 aliphatic carbocycles. The Bertz CT molecular complexity index is 1220. The van der Waals surface area contributed by atoms with Gasteiger partial charge in [0.25, 0.3) is 0 Å². The van der Waals surface area contributed by atoms with Gasteiger partial charge in [0, 0.05) is 10.8 Å². The van der Waals surface area contributed by atoms with Crippen molar-refractivity contribution < 1.29 is 9.90 Å². The number of aliphatic carboxylic acids is 1. The van der Waals surface area contributed by atoms with E-state index in [1.807, 2.05) is 30.3 Å². The smallest absolute Gasteiger partial charge is 0.306 e. The first-order chi connectivity index (χ1) is 15.0. The molecule has 0 saturated heterocycles. The second-order valence-electron chi connectivity index (χ2n) is 9.50. The van der Waals surface area contributed by atoms with Crippen LogP contribution < -0.4 is 0 Å². The van der Waals surface area contributed by atoms with Crippen LogP contribution in [0, 0.1) is 23.7 Å². The van der Waals surface area contributed by atoms with E-state index in [4.69, 9.17) is 28.2 Å². The first-order valence-corrected chi connectivity index (χ1v) is 11.7. The summed E-state index contributed by atoms with van der Waals surface area (Å²) in [6, 6.07) is 11.8. The van der Waals surface area contributed by atoms with Crippen LogP contribution in [0.4, 0.5) is 0 Å². The summed E-state index contributed by atoms with van der Waals surface area (Å²) in [6.45, 7) is 0. The topological polar surface area (TPSA) is 63.1 Å². The molecule has 1 heterocycles. The third kappa shape index (κ3) is 2.77. The lowest BCUT2D eigenvalue weighted by Gasteiger charge is -2.52. The highest BCUT2D eigenvalue weighted by atomic mass is 35.5. The molecule has 3 aliphatic rings. The van der Waals surface area contributed by atoms with Gasteiger partial charge in [-0.05, 0) is 79.2 Å². The minimum atomic E-state index is -0.633. The van der Waals surface area contributed by atoms with Crippen LogP contribution >= 0.6 is 23.2 Å². The van der Waals surface area contributed by atoms with Gasteiger partial charge in [0.1, 0.15) is 6.33 Å². The number of benzene rings is 2. The first kappa shape index (κ1) is 19.5. The van der Waals surface area contributed by atoms with Crippen molar-refractivity contribution in [3.63, 3.8) is 0 Å². The van der Waals surface area contributed by atoms with E-state index in [0.29, 0.717) is 21.9 Å². The molecule has 3 fully saturated rings. The summed E-state index contributed by atoms with van der Waals surface area (Å²) >= 11 is 12.5. The van der Waals surface area contributed by atoms with Gasteiger partial charge in [0.2, 0.25) is 0 Å². The van der Waals surface area contributed by atoms with Gasteiger partial charge >= 0.3 is 5.97 Å². The van der Waals surface area contributed by atoms with E-state index >= 15 is 0 Å². The van der Waals surface area contributed by atoms with Crippen LogP contribution in [0.3, 0.4) is 0 Å². The molecule has 31 heavy (non-hydrogen) atoms. The van der Waals surface area contributed by atoms with Gasteiger partial charge in [0.15, 0.2) is 0 Å². The normalized spacial score (nSPS) is 31.3. The van der Waals surface area contributed by atoms with E-state index < -0.39 is 5.97 Å². The van der Waals surface area contributed by atoms with Gasteiger partial charge in [-0.1, -0.05) is 41.4 Å². The number of halogens is 2. The van der Waals surface area contributed by atoms with E-state index in [-0.39, 0.29) is 17.3 Å². The fourth-order valence-corrected chi connectivity index (χ4v) is 7.21. The minimum absolute atomic E-state index is 0.0447. The minimum Gasteiger partial charge on any atom is -0.481 e. The number of nitrogens with zero attached hydrogens (tertiary/aromatic N) is 2. The summed E-state index contributed by atoms with van der Waals surface area (Å²) < 4.78 is 0. The van der Waals surface area contributed by atoms with E-state index in [0.717, 1.165) is 59.8 Å². The van der Waals surface area contributed by atoms with Crippen molar-refractivity contribution in [1.82, 2.24) is 9.97 Å². The summed E-state index contributed by atoms with van der Waals surface area (Å²) in [6.07, 6.45) is 6.51. The predicted molar refractivity (Wildman–Crippen MR) is 121 cm³/mol. The lowest BCUT2D eigenvalue weighted by Crippen LogP contribution is -2.49. The van der Waals surface area contributed by atoms with Gasteiger partial charge in [-0.15, -0.1) is 0 Å². The molecule has 3 aromatic rings. The first-order valence-electron chi connectivity index (χ1n) is 10.9. The number of rotatable bonds is 3. The van der Waals surface area contributed by atoms with E-state index in [1.54, 1.807) is 6.33 Å². The van der Waals surface area contributed by atoms with Crippen LogP contribution in [0.25, 0.3) is 22.0 Å². The molecule has 0 aliphatic heterocycles. The molecule has 1 N–H and O–H groups in total. The van der Waals surface area contributed by atoms with Crippen LogP contribution in [0.1, 0.15) is 37.8 Å². The van der Waals surface area contributed by atoms with Gasteiger partial charge in [-0.25, -0.2) is 9.97 Å². The number of carboxylic acids is 1. The molecule has 2 bridgehead atoms. The molecule has 4 nitrogen and oxygen atoms in total. The van der Waals surface area contributed by atoms with Crippen molar-refractivity contribution in [3.8, 4) is 11.1 Å².